The summed E-state index contributed by atoms with van der Waals surface area (Å²) in [5.41, 5.74) is 2.88. The van der Waals surface area contributed by atoms with Gasteiger partial charge in [0, 0.05) is 29.1 Å². The van der Waals surface area contributed by atoms with E-state index >= 15 is 0 Å². The van der Waals surface area contributed by atoms with Gasteiger partial charge in [-0.2, -0.15) is 0 Å². The van der Waals surface area contributed by atoms with Crippen molar-refractivity contribution < 1.29 is 14.7 Å². The van der Waals surface area contributed by atoms with Crippen molar-refractivity contribution >= 4 is 29.2 Å². The van der Waals surface area contributed by atoms with E-state index in [1.807, 2.05) is 19.9 Å². The highest BCUT2D eigenvalue weighted by molar-refractivity contribution is 6.31. The number of nitrogens with zero attached hydrogens (tertiary/aromatic N) is 1. The van der Waals surface area contributed by atoms with Gasteiger partial charge in [0.1, 0.15) is 0 Å². The summed E-state index contributed by atoms with van der Waals surface area (Å²) in [5.74, 6) is -1.29. The summed E-state index contributed by atoms with van der Waals surface area (Å²) in [6, 6.07) is 5.25. The van der Waals surface area contributed by atoms with Crippen LogP contribution in [-0.2, 0) is 17.8 Å². The fraction of sp³-hybridized carbons (Fsp3) is 0.294. The van der Waals surface area contributed by atoms with Crippen LogP contribution in [0.25, 0.3) is 0 Å². The number of carbonyl (C=O) groups excluding carboxylic acids is 1. The predicted octanol–water partition coefficient (Wildman–Crippen LogP) is 3.66. The number of rotatable bonds is 5. The number of amides is 1. The molecule has 122 valence electrons. The first-order valence-corrected chi connectivity index (χ1v) is 7.69. The largest absolute Gasteiger partial charge is 0.478 e. The van der Waals surface area contributed by atoms with Crippen molar-refractivity contribution in [2.45, 2.75) is 33.7 Å². The van der Waals surface area contributed by atoms with Gasteiger partial charge < -0.3 is 15.0 Å². The third-order valence-electron chi connectivity index (χ3n) is 3.74. The fourth-order valence-electron chi connectivity index (χ4n) is 2.59. The zero-order valence-electron chi connectivity index (χ0n) is 13.3. The number of anilines is 1. The molecule has 23 heavy (non-hydrogen) atoms. The van der Waals surface area contributed by atoms with Gasteiger partial charge in [0.05, 0.1) is 12.0 Å². The monoisotopic (exact) mass is 334 g/mol. The Balaban J connectivity index is 2.27. The van der Waals surface area contributed by atoms with Crippen molar-refractivity contribution in [3.05, 3.63) is 51.8 Å². The Labute approximate surface area is 139 Å². The van der Waals surface area contributed by atoms with Crippen LogP contribution in [0.5, 0.6) is 0 Å². The van der Waals surface area contributed by atoms with Gasteiger partial charge in [-0.05, 0) is 44.0 Å². The van der Waals surface area contributed by atoms with Gasteiger partial charge in [-0.3, -0.25) is 4.79 Å². The van der Waals surface area contributed by atoms with Gasteiger partial charge in [-0.25, -0.2) is 4.79 Å². The van der Waals surface area contributed by atoms with Crippen LogP contribution < -0.4 is 5.32 Å². The Morgan fingerprint density at radius 2 is 1.96 bits per heavy atom. The second kappa shape index (κ2) is 6.87. The van der Waals surface area contributed by atoms with Crippen molar-refractivity contribution in [1.82, 2.24) is 4.57 Å². The number of hydrogen-bond acceptors (Lipinski definition) is 2. The predicted molar refractivity (Wildman–Crippen MR) is 90.3 cm³/mol. The van der Waals surface area contributed by atoms with E-state index in [1.165, 1.54) is 0 Å². The zero-order chi connectivity index (χ0) is 17.1. The molecular formula is C17H19ClN2O3. The number of halogens is 1. The third-order valence-corrected chi connectivity index (χ3v) is 3.97. The summed E-state index contributed by atoms with van der Waals surface area (Å²) in [6.45, 7) is 6.12. The molecule has 2 rings (SSSR count). The van der Waals surface area contributed by atoms with Crippen LogP contribution in [0.1, 0.15) is 34.1 Å². The van der Waals surface area contributed by atoms with Gasteiger partial charge in [-0.15, -0.1) is 0 Å². The molecular weight excluding hydrogens is 316 g/mol. The van der Waals surface area contributed by atoms with E-state index in [0.29, 0.717) is 28.5 Å². The highest BCUT2D eigenvalue weighted by Gasteiger charge is 2.21. The van der Waals surface area contributed by atoms with Gasteiger partial charge >= 0.3 is 5.97 Å². The Morgan fingerprint density at radius 1 is 1.26 bits per heavy atom. The molecule has 0 fully saturated rings. The number of aromatic carboxylic acids is 1. The molecule has 0 unspecified atom stereocenters. The van der Waals surface area contributed by atoms with E-state index in [2.05, 4.69) is 5.32 Å². The van der Waals surface area contributed by atoms with Crippen LogP contribution in [-0.4, -0.2) is 21.6 Å². The van der Waals surface area contributed by atoms with Crippen molar-refractivity contribution in [1.29, 1.82) is 0 Å². The van der Waals surface area contributed by atoms with Gasteiger partial charge in [-0.1, -0.05) is 17.7 Å². The minimum absolute atomic E-state index is 0.00470. The molecule has 1 aromatic heterocycles. The van der Waals surface area contributed by atoms with E-state index < -0.39 is 5.97 Å². The van der Waals surface area contributed by atoms with Crippen LogP contribution in [0, 0.1) is 13.8 Å². The van der Waals surface area contributed by atoms with E-state index in [-0.39, 0.29) is 17.9 Å². The normalized spacial score (nSPS) is 10.6. The summed E-state index contributed by atoms with van der Waals surface area (Å²) in [6.07, 6.45) is 1.76. The molecule has 5 nitrogen and oxygen atoms in total. The molecule has 0 atom stereocenters. The Hall–Kier alpha value is -2.27. The molecule has 2 aromatic rings. The molecule has 2 N–H and O–H groups in total. The summed E-state index contributed by atoms with van der Waals surface area (Å²) < 4.78 is 1.79. The lowest BCUT2D eigenvalue weighted by molar-refractivity contribution is -0.115. The topological polar surface area (TPSA) is 71.3 Å². The molecule has 0 aliphatic rings. The lowest BCUT2D eigenvalue weighted by Crippen LogP contribution is -2.19. The van der Waals surface area contributed by atoms with Gasteiger partial charge in [0.15, 0.2) is 0 Å². The summed E-state index contributed by atoms with van der Waals surface area (Å²) in [5, 5.41) is 12.7. The Kier molecular flexibility index (Phi) is 5.11. The van der Waals surface area contributed by atoms with Crippen LogP contribution in [0.3, 0.4) is 0 Å². The first-order valence-electron chi connectivity index (χ1n) is 7.31. The highest BCUT2D eigenvalue weighted by atomic mass is 35.5. The van der Waals surface area contributed by atoms with Crippen molar-refractivity contribution in [3.8, 4) is 0 Å². The molecule has 0 saturated heterocycles. The molecule has 1 aromatic carbocycles. The van der Waals surface area contributed by atoms with E-state index in [1.54, 1.807) is 29.8 Å². The maximum absolute atomic E-state index is 12.3. The molecule has 1 amide bonds. The average Bonchev–Trinajstić information content (AvgIpc) is 2.78. The van der Waals surface area contributed by atoms with Crippen LogP contribution in [0.15, 0.2) is 24.4 Å². The second-order valence-corrected chi connectivity index (χ2v) is 5.85. The second-order valence-electron chi connectivity index (χ2n) is 5.41. The average molecular weight is 335 g/mol. The Morgan fingerprint density at radius 3 is 2.57 bits per heavy atom. The quantitative estimate of drug-likeness (QED) is 0.876. The molecule has 0 saturated carbocycles. The smallest absolute Gasteiger partial charge is 0.337 e. The summed E-state index contributed by atoms with van der Waals surface area (Å²) in [4.78, 5) is 23.8. The molecule has 0 aliphatic heterocycles. The number of carbonyl (C=O) groups is 2. The standard InChI is InChI=1S/C17H19ClN2O3/c1-4-20-9-11(3)16(17(22)23)14(20)8-15(21)19-13-7-12(18)6-5-10(13)2/h5-7,9H,4,8H2,1-3H3,(H,19,21)(H,22,23). The fourth-order valence-corrected chi connectivity index (χ4v) is 2.76. The van der Waals surface area contributed by atoms with Gasteiger partial charge in [0.2, 0.25) is 5.91 Å². The number of benzene rings is 1. The number of hydrogen-bond donors (Lipinski definition) is 2. The van der Waals surface area contributed by atoms with Crippen LogP contribution in [0.4, 0.5) is 5.69 Å². The van der Waals surface area contributed by atoms with E-state index in [0.717, 1.165) is 5.56 Å². The number of nitrogens with one attached hydrogen (secondary N) is 1. The summed E-state index contributed by atoms with van der Waals surface area (Å²) >= 11 is 5.95. The number of aryl methyl sites for hydroxylation is 3. The van der Waals surface area contributed by atoms with Gasteiger partial charge in [0.25, 0.3) is 0 Å². The molecule has 0 radical (unpaired) electrons. The molecule has 6 heteroatoms. The summed E-state index contributed by atoms with van der Waals surface area (Å²) in [7, 11) is 0. The van der Waals surface area contributed by atoms with Crippen molar-refractivity contribution in [2.75, 3.05) is 5.32 Å². The first-order chi connectivity index (χ1) is 10.8. The zero-order valence-corrected chi connectivity index (χ0v) is 14.1. The van der Waals surface area contributed by atoms with Crippen molar-refractivity contribution in [2.24, 2.45) is 0 Å². The van der Waals surface area contributed by atoms with Crippen LogP contribution >= 0.6 is 11.6 Å². The maximum atomic E-state index is 12.3. The minimum Gasteiger partial charge on any atom is -0.478 e. The Bertz CT molecular complexity index is 765. The van der Waals surface area contributed by atoms with Crippen molar-refractivity contribution in [3.63, 3.8) is 0 Å². The number of carboxylic acids is 1. The van der Waals surface area contributed by atoms with Crippen LogP contribution in [0.2, 0.25) is 5.02 Å². The molecule has 0 spiro atoms. The lowest BCUT2D eigenvalue weighted by atomic mass is 10.1. The lowest BCUT2D eigenvalue weighted by Gasteiger charge is -2.11. The number of carboxylic acid groups (broad SMARTS) is 1. The molecule has 0 aliphatic carbocycles. The third kappa shape index (κ3) is 3.74. The SMILES string of the molecule is CCn1cc(C)c(C(=O)O)c1CC(=O)Nc1cc(Cl)ccc1C. The minimum atomic E-state index is -1.02. The maximum Gasteiger partial charge on any atom is 0.337 e. The first kappa shape index (κ1) is 17.1. The number of aromatic nitrogens is 1. The van der Waals surface area contributed by atoms with E-state index in [9.17, 15) is 14.7 Å². The molecule has 0 bridgehead atoms. The van der Waals surface area contributed by atoms with E-state index in [4.69, 9.17) is 11.6 Å². The highest BCUT2D eigenvalue weighted by Crippen LogP contribution is 2.22. The molecule has 1 heterocycles.